The highest BCUT2D eigenvalue weighted by Gasteiger charge is 2.59. The van der Waals surface area contributed by atoms with Crippen molar-refractivity contribution in [3.63, 3.8) is 0 Å². The maximum absolute atomic E-state index is 15.0. The smallest absolute Gasteiger partial charge is 0.175 e. The molecule has 0 fully saturated rings. The third-order valence-electron chi connectivity index (χ3n) is 8.22. The molecule has 0 aliphatic rings. The average Bonchev–Trinajstić information content (AvgIpc) is 3.07. The van der Waals surface area contributed by atoms with Crippen molar-refractivity contribution in [3.8, 4) is 0 Å². The quantitative estimate of drug-likeness (QED) is 0.193. The van der Waals surface area contributed by atoms with Crippen molar-refractivity contribution < 1.29 is 9.59 Å². The summed E-state index contributed by atoms with van der Waals surface area (Å²) in [5, 5.41) is 0. The third-order valence-corrected chi connectivity index (χ3v) is 8.22. The van der Waals surface area contributed by atoms with Crippen LogP contribution < -0.4 is 11.5 Å². The summed E-state index contributed by atoms with van der Waals surface area (Å²) in [5.41, 5.74) is 14.3. The van der Waals surface area contributed by atoms with Crippen LogP contribution in [0, 0.1) is 0 Å². The Morgan fingerprint density at radius 1 is 0.463 bits per heavy atom. The number of hydrogen-bond donors (Lipinski definition) is 2. The summed E-state index contributed by atoms with van der Waals surface area (Å²) in [5.74, 6) is -1.07. The monoisotopic (exact) mass is 538 g/mol. The predicted molar refractivity (Wildman–Crippen MR) is 165 cm³/mol. The second-order valence-electron chi connectivity index (χ2n) is 10.3. The zero-order valence-corrected chi connectivity index (χ0v) is 22.9. The zero-order chi connectivity index (χ0) is 28.7. The SMILES string of the molecule is NCC(C(=O)c1ccccc1)(c1ccccc1)C(c1ccccc1)C(CN)(C(=O)c1ccccc1)c1ccccc1. The molecule has 0 saturated carbocycles. The van der Waals surface area contributed by atoms with Crippen LogP contribution in [0.1, 0.15) is 43.3 Å². The number of benzene rings is 5. The van der Waals surface area contributed by atoms with Gasteiger partial charge < -0.3 is 11.5 Å². The minimum atomic E-state index is -1.34. The van der Waals surface area contributed by atoms with E-state index in [4.69, 9.17) is 11.5 Å². The Hall–Kier alpha value is -4.64. The number of ketones is 2. The van der Waals surface area contributed by atoms with Crippen molar-refractivity contribution in [3.05, 3.63) is 179 Å². The van der Waals surface area contributed by atoms with Gasteiger partial charge in [-0.05, 0) is 16.7 Å². The Morgan fingerprint density at radius 3 is 1.07 bits per heavy atom. The second-order valence-corrected chi connectivity index (χ2v) is 10.3. The lowest BCUT2D eigenvalue weighted by atomic mass is 9.51. The molecular formula is C37H34N2O2. The summed E-state index contributed by atoms with van der Waals surface area (Å²) in [6, 6.07) is 47.3. The van der Waals surface area contributed by atoms with Gasteiger partial charge >= 0.3 is 0 Å². The summed E-state index contributed by atoms with van der Waals surface area (Å²) in [7, 11) is 0. The molecule has 0 aliphatic heterocycles. The van der Waals surface area contributed by atoms with Gasteiger partial charge in [-0.15, -0.1) is 0 Å². The van der Waals surface area contributed by atoms with Crippen LogP contribution >= 0.6 is 0 Å². The first-order chi connectivity index (χ1) is 20.1. The van der Waals surface area contributed by atoms with Crippen LogP contribution in [-0.4, -0.2) is 24.7 Å². The Morgan fingerprint density at radius 2 is 0.756 bits per heavy atom. The van der Waals surface area contributed by atoms with E-state index in [0.717, 1.165) is 16.7 Å². The molecule has 0 spiro atoms. The minimum absolute atomic E-state index is 0.0407. The highest BCUT2D eigenvalue weighted by molar-refractivity contribution is 6.09. The average molecular weight is 539 g/mol. The first-order valence-electron chi connectivity index (χ1n) is 13.9. The fraction of sp³-hybridized carbons (Fsp3) is 0.135. The summed E-state index contributed by atoms with van der Waals surface area (Å²) >= 11 is 0. The van der Waals surface area contributed by atoms with Gasteiger partial charge in [-0.25, -0.2) is 0 Å². The number of nitrogens with two attached hydrogens (primary N) is 2. The van der Waals surface area contributed by atoms with Gasteiger partial charge in [0.05, 0.1) is 10.8 Å². The first-order valence-corrected chi connectivity index (χ1v) is 13.9. The molecule has 0 bridgehead atoms. The minimum Gasteiger partial charge on any atom is -0.329 e. The van der Waals surface area contributed by atoms with E-state index in [1.54, 1.807) is 0 Å². The summed E-state index contributed by atoms with van der Waals surface area (Å²) < 4.78 is 0. The third kappa shape index (κ3) is 4.93. The molecule has 0 aliphatic carbocycles. The van der Waals surface area contributed by atoms with Crippen molar-refractivity contribution >= 4 is 11.6 Å². The summed E-state index contributed by atoms with van der Waals surface area (Å²) in [6.45, 7) is -0.0814. The number of carbonyl (C=O) groups excluding carboxylic acids is 2. The topological polar surface area (TPSA) is 86.2 Å². The van der Waals surface area contributed by atoms with Crippen LogP contribution in [0.5, 0.6) is 0 Å². The molecule has 4 heteroatoms. The van der Waals surface area contributed by atoms with Crippen LogP contribution in [-0.2, 0) is 10.8 Å². The van der Waals surface area contributed by atoms with Gasteiger partial charge in [-0.2, -0.15) is 0 Å². The van der Waals surface area contributed by atoms with E-state index in [0.29, 0.717) is 11.1 Å². The van der Waals surface area contributed by atoms with E-state index in [1.165, 1.54) is 0 Å². The van der Waals surface area contributed by atoms with Crippen LogP contribution in [0.3, 0.4) is 0 Å². The largest absolute Gasteiger partial charge is 0.329 e. The second kappa shape index (κ2) is 12.3. The van der Waals surface area contributed by atoms with Gasteiger partial charge in [0.1, 0.15) is 0 Å². The molecule has 5 rings (SSSR count). The van der Waals surface area contributed by atoms with E-state index < -0.39 is 16.7 Å². The molecule has 0 saturated heterocycles. The number of rotatable bonds is 11. The highest BCUT2D eigenvalue weighted by atomic mass is 16.1. The number of hydrogen-bond acceptors (Lipinski definition) is 4. The van der Waals surface area contributed by atoms with Crippen molar-refractivity contribution in [2.75, 3.05) is 13.1 Å². The molecule has 2 atom stereocenters. The fourth-order valence-electron chi connectivity index (χ4n) is 6.31. The number of carbonyl (C=O) groups is 2. The van der Waals surface area contributed by atoms with Gasteiger partial charge in [0.2, 0.25) is 0 Å². The molecule has 2 unspecified atom stereocenters. The lowest BCUT2D eigenvalue weighted by Gasteiger charge is -2.50. The Kier molecular flexibility index (Phi) is 8.34. The lowest BCUT2D eigenvalue weighted by Crippen LogP contribution is -2.60. The molecule has 4 nitrogen and oxygen atoms in total. The van der Waals surface area contributed by atoms with Crippen molar-refractivity contribution in [1.82, 2.24) is 0 Å². The summed E-state index contributed by atoms with van der Waals surface area (Å²) in [4.78, 5) is 30.1. The van der Waals surface area contributed by atoms with Gasteiger partial charge in [0, 0.05) is 30.1 Å². The van der Waals surface area contributed by atoms with Crippen molar-refractivity contribution in [1.29, 1.82) is 0 Å². The van der Waals surface area contributed by atoms with E-state index in [9.17, 15) is 0 Å². The zero-order valence-electron chi connectivity index (χ0n) is 22.9. The molecule has 0 aromatic heterocycles. The Balaban J connectivity index is 1.94. The molecule has 4 N–H and O–H groups in total. The van der Waals surface area contributed by atoms with Crippen LogP contribution in [0.25, 0.3) is 0 Å². The van der Waals surface area contributed by atoms with Crippen molar-refractivity contribution in [2.24, 2.45) is 11.5 Å². The summed E-state index contributed by atoms with van der Waals surface area (Å²) in [6.07, 6.45) is 0. The van der Waals surface area contributed by atoms with Crippen molar-refractivity contribution in [2.45, 2.75) is 16.7 Å². The highest BCUT2D eigenvalue weighted by Crippen LogP contribution is 2.53. The first kappa shape index (κ1) is 27.9. The Labute approximate surface area is 241 Å². The van der Waals surface area contributed by atoms with E-state index in [1.807, 2.05) is 152 Å². The number of Topliss-reactive ketones (excluding diaryl/α,β-unsaturated/α-hetero) is 2. The molecular weight excluding hydrogens is 504 g/mol. The van der Waals surface area contributed by atoms with Gasteiger partial charge in [0.25, 0.3) is 0 Å². The normalized spacial score (nSPS) is 14.8. The van der Waals surface area contributed by atoms with E-state index in [2.05, 4.69) is 0 Å². The molecule has 0 radical (unpaired) electrons. The predicted octanol–water partition coefficient (Wildman–Crippen LogP) is 6.33. The standard InChI is InChI=1S/C37H34N2O2/c38-26-36(31-22-12-4-13-23-31,34(40)29-18-8-2-9-19-29)33(28-16-6-1-7-17-28)37(27-39,32-24-14-5-15-25-32)35(41)30-20-10-3-11-21-30/h1-25,33H,26-27,38-39H2. The van der Waals surface area contributed by atoms with Gasteiger partial charge in [0.15, 0.2) is 11.6 Å². The van der Waals surface area contributed by atoms with Gasteiger partial charge in [-0.3, -0.25) is 9.59 Å². The molecule has 41 heavy (non-hydrogen) atoms. The van der Waals surface area contributed by atoms with Gasteiger partial charge in [-0.1, -0.05) is 152 Å². The molecule has 5 aromatic carbocycles. The fourth-order valence-corrected chi connectivity index (χ4v) is 6.31. The molecule has 204 valence electrons. The van der Waals surface area contributed by atoms with Crippen LogP contribution in [0.15, 0.2) is 152 Å². The maximum Gasteiger partial charge on any atom is 0.175 e. The van der Waals surface area contributed by atoms with Crippen LogP contribution in [0.2, 0.25) is 0 Å². The maximum atomic E-state index is 15.0. The van der Waals surface area contributed by atoms with E-state index >= 15 is 9.59 Å². The van der Waals surface area contributed by atoms with Crippen LogP contribution in [0.4, 0.5) is 0 Å². The Bertz CT molecular complexity index is 1470. The lowest BCUT2D eigenvalue weighted by molar-refractivity contribution is 0.0734. The molecule has 0 heterocycles. The molecule has 5 aromatic rings. The van der Waals surface area contributed by atoms with E-state index in [-0.39, 0.29) is 24.7 Å². The molecule has 0 amide bonds.